The van der Waals surface area contributed by atoms with Crippen molar-refractivity contribution < 1.29 is 5.11 Å². The quantitative estimate of drug-likeness (QED) is 0.796. The van der Waals surface area contributed by atoms with Crippen molar-refractivity contribution in [2.45, 2.75) is 39.5 Å². The fourth-order valence-corrected chi connectivity index (χ4v) is 2.43. The number of hydrogen-bond acceptors (Lipinski definition) is 2. The average Bonchev–Trinajstić information content (AvgIpc) is 2.29. The van der Waals surface area contributed by atoms with Gasteiger partial charge >= 0.3 is 0 Å². The first-order valence-corrected chi connectivity index (χ1v) is 6.49. The van der Waals surface area contributed by atoms with Gasteiger partial charge in [-0.15, -0.1) is 0 Å². The van der Waals surface area contributed by atoms with Crippen LogP contribution in [-0.2, 0) is 0 Å². The predicted molar refractivity (Wildman–Crippen MR) is 73.2 cm³/mol. The van der Waals surface area contributed by atoms with Crippen molar-refractivity contribution in [2.75, 3.05) is 13.2 Å². The summed E-state index contributed by atoms with van der Waals surface area (Å²) >= 11 is 0. The van der Waals surface area contributed by atoms with Gasteiger partial charge in [-0.3, -0.25) is 0 Å². The Labute approximate surface area is 105 Å². The Hall–Kier alpha value is -0.860. The summed E-state index contributed by atoms with van der Waals surface area (Å²) < 4.78 is 0. The lowest BCUT2D eigenvalue weighted by Gasteiger charge is -2.21. The van der Waals surface area contributed by atoms with E-state index in [4.69, 9.17) is 5.73 Å². The highest BCUT2D eigenvalue weighted by atomic mass is 16.3. The van der Waals surface area contributed by atoms with Gasteiger partial charge in [0.1, 0.15) is 0 Å². The van der Waals surface area contributed by atoms with E-state index in [0.717, 1.165) is 12.8 Å². The molecule has 1 rings (SSSR count). The lowest BCUT2D eigenvalue weighted by atomic mass is 9.86. The summed E-state index contributed by atoms with van der Waals surface area (Å²) in [5.41, 5.74) is 9.67. The highest BCUT2D eigenvalue weighted by Crippen LogP contribution is 2.28. The number of rotatable bonds is 6. The van der Waals surface area contributed by atoms with Crippen LogP contribution in [0, 0.1) is 19.8 Å². The van der Waals surface area contributed by atoms with Crippen LogP contribution in [0.2, 0.25) is 0 Å². The Balaban J connectivity index is 2.85. The second-order valence-electron chi connectivity index (χ2n) is 5.05. The van der Waals surface area contributed by atoms with Gasteiger partial charge in [0.05, 0.1) is 0 Å². The van der Waals surface area contributed by atoms with Crippen LogP contribution >= 0.6 is 0 Å². The number of aliphatic hydroxyl groups excluding tert-OH is 1. The smallest absolute Gasteiger partial charge is 0.0471 e. The number of aliphatic hydroxyl groups is 1. The Kier molecular flexibility index (Phi) is 5.66. The van der Waals surface area contributed by atoms with Crippen molar-refractivity contribution in [3.63, 3.8) is 0 Å². The zero-order chi connectivity index (χ0) is 12.8. The second kappa shape index (κ2) is 6.77. The normalized spacial score (nSPS) is 14.6. The molecule has 0 aliphatic heterocycles. The molecule has 1 aromatic rings. The van der Waals surface area contributed by atoms with Crippen LogP contribution in [-0.4, -0.2) is 18.3 Å². The van der Waals surface area contributed by atoms with E-state index in [2.05, 4.69) is 39.0 Å². The van der Waals surface area contributed by atoms with Crippen molar-refractivity contribution in [3.05, 3.63) is 34.9 Å². The standard InChI is InChI=1S/C15H25NO/c1-4-14(8-13(9-16)10-17)15-6-11(2)5-12(3)7-15/h5-7,13-14,17H,4,8-10,16H2,1-3H3. The van der Waals surface area contributed by atoms with E-state index in [0.29, 0.717) is 12.5 Å². The van der Waals surface area contributed by atoms with Gasteiger partial charge in [0.15, 0.2) is 0 Å². The molecule has 0 saturated carbocycles. The zero-order valence-corrected chi connectivity index (χ0v) is 11.2. The number of nitrogens with two attached hydrogens (primary N) is 1. The first kappa shape index (κ1) is 14.2. The monoisotopic (exact) mass is 235 g/mol. The molecule has 3 N–H and O–H groups in total. The molecule has 2 heteroatoms. The SMILES string of the molecule is CCC(CC(CN)CO)c1cc(C)cc(C)c1. The van der Waals surface area contributed by atoms with Crippen molar-refractivity contribution in [1.82, 2.24) is 0 Å². The first-order valence-electron chi connectivity index (χ1n) is 6.49. The molecule has 0 fully saturated rings. The van der Waals surface area contributed by atoms with Crippen molar-refractivity contribution in [3.8, 4) is 0 Å². The lowest BCUT2D eigenvalue weighted by molar-refractivity contribution is 0.214. The Morgan fingerprint density at radius 3 is 2.18 bits per heavy atom. The fourth-order valence-electron chi connectivity index (χ4n) is 2.43. The summed E-state index contributed by atoms with van der Waals surface area (Å²) in [4.78, 5) is 0. The fraction of sp³-hybridized carbons (Fsp3) is 0.600. The third-order valence-electron chi connectivity index (χ3n) is 3.42. The molecule has 0 spiro atoms. The molecule has 0 aliphatic carbocycles. The molecule has 1 aromatic carbocycles. The Bertz CT molecular complexity index is 325. The van der Waals surface area contributed by atoms with Gasteiger partial charge in [0.25, 0.3) is 0 Å². The van der Waals surface area contributed by atoms with E-state index in [1.807, 2.05) is 0 Å². The summed E-state index contributed by atoms with van der Waals surface area (Å²) in [5.74, 6) is 0.732. The molecule has 2 unspecified atom stereocenters. The first-order chi connectivity index (χ1) is 8.10. The molecule has 96 valence electrons. The molecule has 0 bridgehead atoms. The maximum atomic E-state index is 9.25. The van der Waals surface area contributed by atoms with E-state index in [-0.39, 0.29) is 12.5 Å². The van der Waals surface area contributed by atoms with E-state index in [1.165, 1.54) is 16.7 Å². The van der Waals surface area contributed by atoms with Crippen LogP contribution in [0.25, 0.3) is 0 Å². The third-order valence-corrected chi connectivity index (χ3v) is 3.42. The summed E-state index contributed by atoms with van der Waals surface area (Å²) in [7, 11) is 0. The molecule has 2 nitrogen and oxygen atoms in total. The van der Waals surface area contributed by atoms with E-state index in [1.54, 1.807) is 0 Å². The average molecular weight is 235 g/mol. The molecular weight excluding hydrogens is 210 g/mol. The van der Waals surface area contributed by atoms with Crippen LogP contribution < -0.4 is 5.73 Å². The minimum atomic E-state index is 0.192. The maximum absolute atomic E-state index is 9.25. The van der Waals surface area contributed by atoms with E-state index >= 15 is 0 Å². The van der Waals surface area contributed by atoms with Crippen molar-refractivity contribution in [1.29, 1.82) is 0 Å². The summed E-state index contributed by atoms with van der Waals surface area (Å²) in [6.45, 7) is 7.23. The summed E-state index contributed by atoms with van der Waals surface area (Å²) in [6.07, 6.45) is 2.08. The summed E-state index contributed by atoms with van der Waals surface area (Å²) in [6, 6.07) is 6.71. The van der Waals surface area contributed by atoms with Crippen LogP contribution in [0.4, 0.5) is 0 Å². The van der Waals surface area contributed by atoms with Gasteiger partial charge in [-0.1, -0.05) is 36.2 Å². The van der Waals surface area contributed by atoms with Crippen LogP contribution in [0.1, 0.15) is 42.4 Å². The minimum Gasteiger partial charge on any atom is -0.396 e. The van der Waals surface area contributed by atoms with Gasteiger partial charge in [-0.2, -0.15) is 0 Å². The van der Waals surface area contributed by atoms with E-state index < -0.39 is 0 Å². The van der Waals surface area contributed by atoms with Crippen LogP contribution in [0.5, 0.6) is 0 Å². The van der Waals surface area contributed by atoms with Gasteiger partial charge in [-0.05, 0) is 50.6 Å². The molecular formula is C15H25NO. The zero-order valence-electron chi connectivity index (χ0n) is 11.2. The minimum absolute atomic E-state index is 0.192. The largest absolute Gasteiger partial charge is 0.396 e. The molecule has 0 aliphatic rings. The van der Waals surface area contributed by atoms with Gasteiger partial charge in [-0.25, -0.2) is 0 Å². The number of benzene rings is 1. The highest BCUT2D eigenvalue weighted by molar-refractivity contribution is 5.31. The molecule has 0 radical (unpaired) electrons. The Morgan fingerprint density at radius 1 is 1.18 bits per heavy atom. The van der Waals surface area contributed by atoms with Crippen molar-refractivity contribution >= 4 is 0 Å². The summed E-state index contributed by atoms with van der Waals surface area (Å²) in [5, 5.41) is 9.25. The molecule has 17 heavy (non-hydrogen) atoms. The van der Waals surface area contributed by atoms with Gasteiger partial charge < -0.3 is 10.8 Å². The van der Waals surface area contributed by atoms with Crippen LogP contribution in [0.15, 0.2) is 18.2 Å². The lowest BCUT2D eigenvalue weighted by Crippen LogP contribution is -2.20. The second-order valence-corrected chi connectivity index (χ2v) is 5.05. The van der Waals surface area contributed by atoms with E-state index in [9.17, 15) is 5.11 Å². The third kappa shape index (κ3) is 4.14. The topological polar surface area (TPSA) is 46.2 Å². The maximum Gasteiger partial charge on any atom is 0.0471 e. The van der Waals surface area contributed by atoms with Gasteiger partial charge in [0.2, 0.25) is 0 Å². The molecule has 2 atom stereocenters. The van der Waals surface area contributed by atoms with Crippen LogP contribution in [0.3, 0.4) is 0 Å². The van der Waals surface area contributed by atoms with Gasteiger partial charge in [0, 0.05) is 6.61 Å². The number of aryl methyl sites for hydroxylation is 2. The predicted octanol–water partition coefficient (Wildman–Crippen LogP) is 2.75. The van der Waals surface area contributed by atoms with Crippen molar-refractivity contribution in [2.24, 2.45) is 11.7 Å². The Morgan fingerprint density at radius 2 is 1.76 bits per heavy atom. The molecule has 0 aromatic heterocycles. The number of hydrogen-bond donors (Lipinski definition) is 2. The molecule has 0 amide bonds. The molecule has 0 heterocycles. The highest BCUT2D eigenvalue weighted by Gasteiger charge is 2.15. The molecule has 0 saturated heterocycles.